The Kier molecular flexibility index (Phi) is 6.33. The summed E-state index contributed by atoms with van der Waals surface area (Å²) < 4.78 is 24.1. The fourth-order valence-corrected chi connectivity index (χ4v) is 3.63. The van der Waals surface area contributed by atoms with Crippen molar-refractivity contribution < 1.29 is 28.2 Å². The molecular formula is C21H18FNO5S. The van der Waals surface area contributed by atoms with E-state index >= 15 is 0 Å². The number of hydrogen-bond acceptors (Lipinski definition) is 6. The second kappa shape index (κ2) is 8.91. The quantitative estimate of drug-likeness (QED) is 0.525. The van der Waals surface area contributed by atoms with Crippen LogP contribution in [0.4, 0.5) is 9.18 Å². The van der Waals surface area contributed by atoms with E-state index in [2.05, 4.69) is 4.74 Å². The lowest BCUT2D eigenvalue weighted by Gasteiger charge is -2.18. The van der Waals surface area contributed by atoms with E-state index in [0.717, 1.165) is 16.7 Å². The van der Waals surface area contributed by atoms with E-state index in [9.17, 15) is 18.8 Å². The zero-order valence-electron chi connectivity index (χ0n) is 15.8. The highest BCUT2D eigenvalue weighted by Gasteiger charge is 2.41. The van der Waals surface area contributed by atoms with Crippen LogP contribution in [0.5, 0.6) is 5.75 Å². The number of rotatable bonds is 6. The van der Waals surface area contributed by atoms with Gasteiger partial charge in [0.15, 0.2) is 0 Å². The fourth-order valence-electron chi connectivity index (χ4n) is 2.73. The van der Waals surface area contributed by atoms with Gasteiger partial charge in [0.05, 0.1) is 12.0 Å². The number of benzene rings is 2. The van der Waals surface area contributed by atoms with Gasteiger partial charge in [0.25, 0.3) is 11.1 Å². The molecule has 2 aromatic rings. The normalized spacial score (nSPS) is 16.2. The van der Waals surface area contributed by atoms with E-state index in [1.165, 1.54) is 26.2 Å². The van der Waals surface area contributed by atoms with Crippen LogP contribution in [0, 0.1) is 5.82 Å². The minimum absolute atomic E-state index is 0.0123. The van der Waals surface area contributed by atoms with E-state index < -0.39 is 23.2 Å². The van der Waals surface area contributed by atoms with Gasteiger partial charge in [-0.3, -0.25) is 14.5 Å². The highest BCUT2D eigenvalue weighted by atomic mass is 32.2. The third-order valence-corrected chi connectivity index (χ3v) is 5.18. The summed E-state index contributed by atoms with van der Waals surface area (Å²) in [5.74, 6) is -1.20. The van der Waals surface area contributed by atoms with Gasteiger partial charge in [0.1, 0.15) is 24.2 Å². The van der Waals surface area contributed by atoms with Crippen LogP contribution in [0.1, 0.15) is 18.1 Å². The first-order valence-corrected chi connectivity index (χ1v) is 9.54. The monoisotopic (exact) mass is 415 g/mol. The Balaban J connectivity index is 1.82. The first kappa shape index (κ1) is 20.6. The van der Waals surface area contributed by atoms with Crippen LogP contribution in [0.15, 0.2) is 53.4 Å². The van der Waals surface area contributed by atoms with Crippen LogP contribution < -0.4 is 4.74 Å². The minimum atomic E-state index is -1.02. The standard InChI is InChI=1S/C21H18FNO5S/c1-13(20(25)27-2)23-19(24)18(29-21(23)26)11-14-7-4-6-10-17(14)28-12-15-8-3-5-9-16(15)22/h3-11,13H,12H2,1-2H3/b18-11+. The molecule has 8 heteroatoms. The molecule has 29 heavy (non-hydrogen) atoms. The second-order valence-electron chi connectivity index (χ2n) is 6.17. The first-order chi connectivity index (χ1) is 13.9. The number of ether oxygens (including phenoxy) is 2. The predicted molar refractivity (Wildman–Crippen MR) is 106 cm³/mol. The molecule has 1 heterocycles. The highest BCUT2D eigenvalue weighted by molar-refractivity contribution is 8.18. The predicted octanol–water partition coefficient (Wildman–Crippen LogP) is 4.00. The number of halogens is 1. The Morgan fingerprint density at radius 1 is 1.17 bits per heavy atom. The number of nitrogens with zero attached hydrogens (tertiary/aromatic N) is 1. The summed E-state index contributed by atoms with van der Waals surface area (Å²) in [5, 5.41) is -0.552. The van der Waals surface area contributed by atoms with Crippen LogP contribution in [-0.4, -0.2) is 35.2 Å². The molecule has 150 valence electrons. The molecule has 0 saturated carbocycles. The van der Waals surface area contributed by atoms with Crippen LogP contribution in [0.3, 0.4) is 0 Å². The molecular weight excluding hydrogens is 397 g/mol. The Bertz CT molecular complexity index is 991. The number of carbonyl (C=O) groups is 3. The zero-order valence-corrected chi connectivity index (χ0v) is 16.6. The maximum atomic E-state index is 13.8. The molecule has 1 atom stereocenters. The summed E-state index contributed by atoms with van der Waals surface area (Å²) in [5.41, 5.74) is 0.953. The van der Waals surface area contributed by atoms with E-state index in [-0.39, 0.29) is 17.3 Å². The van der Waals surface area contributed by atoms with Gasteiger partial charge in [-0.2, -0.15) is 0 Å². The average Bonchev–Trinajstić information content (AvgIpc) is 3.00. The zero-order chi connectivity index (χ0) is 21.0. The topological polar surface area (TPSA) is 72.9 Å². The van der Waals surface area contributed by atoms with Gasteiger partial charge in [-0.05, 0) is 36.9 Å². The molecule has 1 aliphatic heterocycles. The van der Waals surface area contributed by atoms with Crippen LogP contribution >= 0.6 is 11.8 Å². The number of methoxy groups -OCH3 is 1. The molecule has 0 spiro atoms. The van der Waals surface area contributed by atoms with Crippen molar-refractivity contribution in [3.05, 3.63) is 70.4 Å². The van der Waals surface area contributed by atoms with Crippen molar-refractivity contribution in [3.8, 4) is 5.75 Å². The summed E-state index contributed by atoms with van der Waals surface area (Å²) >= 11 is 0.734. The summed E-state index contributed by atoms with van der Waals surface area (Å²) in [7, 11) is 1.19. The summed E-state index contributed by atoms with van der Waals surface area (Å²) in [6, 6.07) is 12.2. The van der Waals surface area contributed by atoms with Crippen molar-refractivity contribution in [1.82, 2.24) is 4.90 Å². The molecule has 3 rings (SSSR count). The number of carbonyl (C=O) groups excluding carboxylic acids is 3. The molecule has 1 saturated heterocycles. The second-order valence-corrected chi connectivity index (χ2v) is 7.16. The number of thioether (sulfide) groups is 1. The molecule has 6 nitrogen and oxygen atoms in total. The van der Waals surface area contributed by atoms with Crippen molar-refractivity contribution in [3.63, 3.8) is 0 Å². The summed E-state index contributed by atoms with van der Waals surface area (Å²) in [4.78, 5) is 37.6. The van der Waals surface area contributed by atoms with E-state index in [1.807, 2.05) is 0 Å². The lowest BCUT2D eigenvalue weighted by atomic mass is 10.1. The maximum absolute atomic E-state index is 13.8. The third kappa shape index (κ3) is 4.48. The lowest BCUT2D eigenvalue weighted by molar-refractivity contribution is -0.148. The average molecular weight is 415 g/mol. The minimum Gasteiger partial charge on any atom is -0.488 e. The summed E-state index contributed by atoms with van der Waals surface area (Å²) in [6.45, 7) is 1.44. The van der Waals surface area contributed by atoms with E-state index in [4.69, 9.17) is 4.74 Å². The first-order valence-electron chi connectivity index (χ1n) is 8.72. The highest BCUT2D eigenvalue weighted by Crippen LogP contribution is 2.35. The van der Waals surface area contributed by atoms with Gasteiger partial charge < -0.3 is 9.47 Å². The SMILES string of the molecule is COC(=O)C(C)N1C(=O)S/C(=C/c2ccccc2OCc2ccccc2F)C1=O. The number of imide groups is 1. The summed E-state index contributed by atoms with van der Waals surface area (Å²) in [6.07, 6.45) is 1.52. The van der Waals surface area contributed by atoms with Gasteiger partial charge in [-0.15, -0.1) is 0 Å². The Morgan fingerprint density at radius 3 is 2.59 bits per heavy atom. The molecule has 2 amide bonds. The Hall–Kier alpha value is -3.13. The molecule has 0 N–H and O–H groups in total. The molecule has 1 aliphatic rings. The number of esters is 1. The van der Waals surface area contributed by atoms with Crippen molar-refractivity contribution in [2.75, 3.05) is 7.11 Å². The van der Waals surface area contributed by atoms with Gasteiger partial charge in [0.2, 0.25) is 0 Å². The maximum Gasteiger partial charge on any atom is 0.328 e. The van der Waals surface area contributed by atoms with Crippen molar-refractivity contribution >= 4 is 35.0 Å². The Morgan fingerprint density at radius 2 is 1.86 bits per heavy atom. The fraction of sp³-hybridized carbons (Fsp3) is 0.190. The van der Waals surface area contributed by atoms with Gasteiger partial charge >= 0.3 is 5.97 Å². The lowest BCUT2D eigenvalue weighted by Crippen LogP contribution is -2.42. The molecule has 2 aromatic carbocycles. The molecule has 1 fully saturated rings. The molecule has 0 aliphatic carbocycles. The molecule has 1 unspecified atom stereocenters. The smallest absolute Gasteiger partial charge is 0.328 e. The van der Waals surface area contributed by atoms with E-state index in [0.29, 0.717) is 16.9 Å². The molecule has 0 aromatic heterocycles. The largest absolute Gasteiger partial charge is 0.488 e. The molecule has 0 bridgehead atoms. The molecule has 0 radical (unpaired) electrons. The van der Waals surface area contributed by atoms with Crippen molar-refractivity contribution in [2.24, 2.45) is 0 Å². The Labute approximate surface area is 171 Å². The van der Waals surface area contributed by atoms with Crippen molar-refractivity contribution in [1.29, 1.82) is 0 Å². The van der Waals surface area contributed by atoms with Crippen LogP contribution in [0.2, 0.25) is 0 Å². The number of amides is 2. The van der Waals surface area contributed by atoms with Gasteiger partial charge in [0, 0.05) is 11.1 Å². The van der Waals surface area contributed by atoms with Crippen molar-refractivity contribution in [2.45, 2.75) is 19.6 Å². The number of para-hydroxylation sites is 1. The van der Waals surface area contributed by atoms with Crippen LogP contribution in [-0.2, 0) is 20.9 Å². The van der Waals surface area contributed by atoms with E-state index in [1.54, 1.807) is 42.5 Å². The van der Waals surface area contributed by atoms with Gasteiger partial charge in [-0.25, -0.2) is 9.18 Å². The number of hydrogen-bond donors (Lipinski definition) is 0. The van der Waals surface area contributed by atoms with Crippen LogP contribution in [0.25, 0.3) is 6.08 Å². The van der Waals surface area contributed by atoms with Gasteiger partial charge in [-0.1, -0.05) is 36.4 Å². The third-order valence-electron chi connectivity index (χ3n) is 4.30.